The lowest BCUT2D eigenvalue weighted by atomic mass is 9.71. The summed E-state index contributed by atoms with van der Waals surface area (Å²) in [5.74, 6) is -0.829. The Bertz CT molecular complexity index is 565. The van der Waals surface area contributed by atoms with Crippen LogP contribution in [0, 0.1) is 15.5 Å². The van der Waals surface area contributed by atoms with Gasteiger partial charge >= 0.3 is 6.18 Å². The van der Waals surface area contributed by atoms with Crippen LogP contribution in [0.3, 0.4) is 0 Å². The van der Waals surface area contributed by atoms with Gasteiger partial charge in [-0.25, -0.2) is 0 Å². The number of nitro groups is 1. The number of benzene rings is 1. The SMILES string of the molecule is O=CC1([C@H](C[N+](=O)[O-])c2cccc(C(F)(F)F)c2)CCCC1. The molecule has 4 nitrogen and oxygen atoms in total. The zero-order valence-electron chi connectivity index (χ0n) is 11.8. The molecule has 0 bridgehead atoms. The first-order valence-corrected chi connectivity index (χ1v) is 7.04. The number of aldehydes is 1. The van der Waals surface area contributed by atoms with Gasteiger partial charge in [0.05, 0.1) is 11.5 Å². The third kappa shape index (κ3) is 3.28. The fourth-order valence-corrected chi connectivity index (χ4v) is 3.28. The van der Waals surface area contributed by atoms with E-state index in [1.54, 1.807) is 0 Å². The van der Waals surface area contributed by atoms with Crippen LogP contribution in [0.5, 0.6) is 0 Å². The molecule has 1 atom stereocenters. The standard InChI is InChI=1S/C15H16F3NO3/c16-15(17,18)12-5-3-4-11(8-12)13(9-19(21)22)14(10-20)6-1-2-7-14/h3-5,8,10,13H,1-2,6-7,9H2/t13-/m1/s1. The Hall–Kier alpha value is -1.92. The molecule has 1 saturated carbocycles. The number of halogens is 3. The highest BCUT2D eigenvalue weighted by atomic mass is 19.4. The molecule has 1 aromatic carbocycles. The molecule has 0 N–H and O–H groups in total. The van der Waals surface area contributed by atoms with E-state index in [1.807, 2.05) is 0 Å². The number of rotatable bonds is 5. The highest BCUT2D eigenvalue weighted by Crippen LogP contribution is 2.48. The van der Waals surface area contributed by atoms with Gasteiger partial charge in [-0.15, -0.1) is 0 Å². The van der Waals surface area contributed by atoms with Gasteiger partial charge in [-0.3, -0.25) is 10.1 Å². The minimum atomic E-state index is -4.51. The van der Waals surface area contributed by atoms with E-state index in [2.05, 4.69) is 0 Å². The summed E-state index contributed by atoms with van der Waals surface area (Å²) in [4.78, 5) is 21.9. The van der Waals surface area contributed by atoms with Crippen LogP contribution in [0.25, 0.3) is 0 Å². The smallest absolute Gasteiger partial charge is 0.303 e. The van der Waals surface area contributed by atoms with E-state index in [0.717, 1.165) is 25.0 Å². The van der Waals surface area contributed by atoms with Crippen molar-refractivity contribution in [3.05, 3.63) is 45.5 Å². The summed E-state index contributed by atoms with van der Waals surface area (Å²) in [6, 6.07) is 4.53. The van der Waals surface area contributed by atoms with Crippen molar-refractivity contribution in [2.75, 3.05) is 6.54 Å². The summed E-state index contributed by atoms with van der Waals surface area (Å²) in [5.41, 5.74) is -1.57. The van der Waals surface area contributed by atoms with Crippen molar-refractivity contribution in [1.29, 1.82) is 0 Å². The maximum Gasteiger partial charge on any atom is 0.416 e. The second kappa shape index (κ2) is 6.06. The van der Waals surface area contributed by atoms with Crippen molar-refractivity contribution in [3.8, 4) is 0 Å². The molecule has 0 aromatic heterocycles. The first-order chi connectivity index (χ1) is 10.3. The third-order valence-corrected chi connectivity index (χ3v) is 4.41. The summed E-state index contributed by atoms with van der Waals surface area (Å²) in [6.45, 7) is -0.542. The molecule has 1 aliphatic rings. The van der Waals surface area contributed by atoms with E-state index in [-0.39, 0.29) is 5.56 Å². The van der Waals surface area contributed by atoms with Gasteiger partial charge in [-0.2, -0.15) is 13.2 Å². The van der Waals surface area contributed by atoms with Crippen LogP contribution in [0.4, 0.5) is 13.2 Å². The Morgan fingerprint density at radius 2 is 1.95 bits per heavy atom. The summed E-state index contributed by atoms with van der Waals surface area (Å²) >= 11 is 0. The lowest BCUT2D eigenvalue weighted by Gasteiger charge is -2.30. The van der Waals surface area contributed by atoms with Crippen molar-refractivity contribution in [2.24, 2.45) is 5.41 Å². The van der Waals surface area contributed by atoms with Gasteiger partial charge in [0.15, 0.2) is 0 Å². The Balaban J connectivity index is 2.46. The van der Waals surface area contributed by atoms with E-state index in [0.29, 0.717) is 19.1 Å². The molecule has 0 spiro atoms. The topological polar surface area (TPSA) is 60.2 Å². The molecular formula is C15H16F3NO3. The van der Waals surface area contributed by atoms with Crippen LogP contribution < -0.4 is 0 Å². The summed E-state index contributed by atoms with van der Waals surface area (Å²) < 4.78 is 38.5. The minimum Gasteiger partial charge on any atom is -0.303 e. The second-order valence-electron chi connectivity index (χ2n) is 5.75. The molecule has 0 unspecified atom stereocenters. The number of carbonyl (C=O) groups excluding carboxylic acids is 1. The largest absolute Gasteiger partial charge is 0.416 e. The highest BCUT2D eigenvalue weighted by Gasteiger charge is 2.45. The Kier molecular flexibility index (Phi) is 4.53. The van der Waals surface area contributed by atoms with Gasteiger partial charge in [-0.05, 0) is 24.5 Å². The molecule has 0 amide bonds. The molecule has 0 aliphatic heterocycles. The van der Waals surface area contributed by atoms with Gasteiger partial charge < -0.3 is 4.79 Å². The lowest BCUT2D eigenvalue weighted by molar-refractivity contribution is -0.485. The van der Waals surface area contributed by atoms with Gasteiger partial charge in [0.2, 0.25) is 6.54 Å². The summed E-state index contributed by atoms with van der Waals surface area (Å²) in [6.07, 6.45) is -1.35. The van der Waals surface area contributed by atoms with E-state index < -0.39 is 34.5 Å². The number of carbonyl (C=O) groups is 1. The van der Waals surface area contributed by atoms with Gasteiger partial charge in [0.1, 0.15) is 6.29 Å². The van der Waals surface area contributed by atoms with Crippen molar-refractivity contribution in [3.63, 3.8) is 0 Å². The Labute approximate surface area is 125 Å². The fraction of sp³-hybridized carbons (Fsp3) is 0.533. The molecule has 0 saturated heterocycles. The van der Waals surface area contributed by atoms with Crippen molar-refractivity contribution < 1.29 is 22.9 Å². The van der Waals surface area contributed by atoms with E-state index in [9.17, 15) is 28.1 Å². The van der Waals surface area contributed by atoms with Crippen LogP contribution in [0.1, 0.15) is 42.7 Å². The Morgan fingerprint density at radius 1 is 1.32 bits per heavy atom. The zero-order valence-corrected chi connectivity index (χ0v) is 11.8. The normalized spacial score (nSPS) is 18.9. The maximum absolute atomic E-state index is 12.8. The van der Waals surface area contributed by atoms with Crippen LogP contribution >= 0.6 is 0 Å². The van der Waals surface area contributed by atoms with Crippen molar-refractivity contribution in [1.82, 2.24) is 0 Å². The summed E-state index contributed by atoms with van der Waals surface area (Å²) in [5, 5.41) is 10.9. The van der Waals surface area contributed by atoms with E-state index in [4.69, 9.17) is 0 Å². The number of hydrogen-bond donors (Lipinski definition) is 0. The number of hydrogen-bond acceptors (Lipinski definition) is 3. The predicted octanol–water partition coefficient (Wildman–Crippen LogP) is 3.83. The molecule has 22 heavy (non-hydrogen) atoms. The minimum absolute atomic E-state index is 0.209. The molecule has 0 radical (unpaired) electrons. The quantitative estimate of drug-likeness (QED) is 0.471. The summed E-state index contributed by atoms with van der Waals surface area (Å²) in [7, 11) is 0. The van der Waals surface area contributed by atoms with E-state index in [1.165, 1.54) is 12.1 Å². The molecule has 0 heterocycles. The lowest BCUT2D eigenvalue weighted by Crippen LogP contribution is -2.32. The Morgan fingerprint density at radius 3 is 2.45 bits per heavy atom. The number of nitrogens with zero attached hydrogens (tertiary/aromatic N) is 1. The monoisotopic (exact) mass is 315 g/mol. The van der Waals surface area contributed by atoms with Crippen LogP contribution in [-0.4, -0.2) is 17.8 Å². The molecular weight excluding hydrogens is 299 g/mol. The van der Waals surface area contributed by atoms with Crippen LogP contribution in [0.2, 0.25) is 0 Å². The molecule has 120 valence electrons. The molecule has 2 rings (SSSR count). The molecule has 1 aliphatic carbocycles. The molecule has 7 heteroatoms. The van der Waals surface area contributed by atoms with Crippen LogP contribution in [-0.2, 0) is 11.0 Å². The van der Waals surface area contributed by atoms with Crippen molar-refractivity contribution >= 4 is 6.29 Å². The second-order valence-corrected chi connectivity index (χ2v) is 5.75. The van der Waals surface area contributed by atoms with Gasteiger partial charge in [0.25, 0.3) is 0 Å². The highest BCUT2D eigenvalue weighted by molar-refractivity contribution is 5.62. The average Bonchev–Trinajstić information content (AvgIpc) is 2.94. The number of alkyl halides is 3. The fourth-order valence-electron chi connectivity index (χ4n) is 3.28. The van der Waals surface area contributed by atoms with Crippen LogP contribution in [0.15, 0.2) is 24.3 Å². The first kappa shape index (κ1) is 16.5. The third-order valence-electron chi connectivity index (χ3n) is 4.41. The van der Waals surface area contributed by atoms with Crippen molar-refractivity contribution in [2.45, 2.75) is 37.8 Å². The van der Waals surface area contributed by atoms with Gasteiger partial charge in [0, 0.05) is 10.3 Å². The zero-order chi connectivity index (χ0) is 16.4. The predicted molar refractivity (Wildman–Crippen MR) is 73.0 cm³/mol. The maximum atomic E-state index is 12.8. The average molecular weight is 315 g/mol. The molecule has 1 fully saturated rings. The molecule has 1 aromatic rings. The van der Waals surface area contributed by atoms with E-state index >= 15 is 0 Å². The van der Waals surface area contributed by atoms with Gasteiger partial charge in [-0.1, -0.05) is 31.0 Å². The first-order valence-electron chi connectivity index (χ1n) is 7.04.